The van der Waals surface area contributed by atoms with E-state index in [0.717, 1.165) is 11.2 Å². The zero-order chi connectivity index (χ0) is 20.9. The van der Waals surface area contributed by atoms with Gasteiger partial charge >= 0.3 is 6.18 Å². The molecule has 0 radical (unpaired) electrons. The zero-order valence-corrected chi connectivity index (χ0v) is 16.0. The predicted molar refractivity (Wildman–Crippen MR) is 103 cm³/mol. The van der Waals surface area contributed by atoms with Crippen LogP contribution < -0.4 is 15.4 Å². The molecule has 7 nitrogen and oxygen atoms in total. The standard InChI is InChI=1S/C19H21F3N6O/c1-13-6-7-14(15(9-13)29-12-19(20,21)22)10-24-18(23-2)25-11-17-27-26-16-5-3-4-8-28(16)17/h3-9H,10-12H2,1-2H3,(H2,23,24,25). The smallest absolute Gasteiger partial charge is 0.422 e. The van der Waals surface area contributed by atoms with Crippen molar-refractivity contribution in [1.29, 1.82) is 0 Å². The monoisotopic (exact) mass is 406 g/mol. The van der Waals surface area contributed by atoms with Crippen LogP contribution in [0.25, 0.3) is 5.65 Å². The van der Waals surface area contributed by atoms with Crippen molar-refractivity contribution in [3.05, 3.63) is 59.5 Å². The summed E-state index contributed by atoms with van der Waals surface area (Å²) in [7, 11) is 1.60. The highest BCUT2D eigenvalue weighted by Gasteiger charge is 2.28. The van der Waals surface area contributed by atoms with Gasteiger partial charge in [0.25, 0.3) is 0 Å². The number of guanidine groups is 1. The van der Waals surface area contributed by atoms with E-state index >= 15 is 0 Å². The summed E-state index contributed by atoms with van der Waals surface area (Å²) in [5, 5.41) is 14.4. The van der Waals surface area contributed by atoms with Crippen molar-refractivity contribution < 1.29 is 17.9 Å². The van der Waals surface area contributed by atoms with Crippen molar-refractivity contribution in [2.24, 2.45) is 4.99 Å². The van der Waals surface area contributed by atoms with Crippen molar-refractivity contribution in [3.8, 4) is 5.75 Å². The Hall–Kier alpha value is -3.30. The molecule has 0 aliphatic carbocycles. The van der Waals surface area contributed by atoms with Gasteiger partial charge in [-0.15, -0.1) is 10.2 Å². The third-order valence-electron chi connectivity index (χ3n) is 4.08. The van der Waals surface area contributed by atoms with Crippen molar-refractivity contribution in [2.75, 3.05) is 13.7 Å². The van der Waals surface area contributed by atoms with Gasteiger partial charge in [-0.2, -0.15) is 13.2 Å². The molecule has 3 rings (SSSR count). The number of aryl methyl sites for hydroxylation is 1. The highest BCUT2D eigenvalue weighted by Crippen LogP contribution is 2.23. The maximum atomic E-state index is 12.5. The first kappa shape index (κ1) is 20.4. The molecule has 0 saturated carbocycles. The highest BCUT2D eigenvalue weighted by atomic mass is 19.4. The Morgan fingerprint density at radius 2 is 1.93 bits per heavy atom. The summed E-state index contributed by atoms with van der Waals surface area (Å²) in [6.45, 7) is 1.07. The molecule has 1 aromatic carbocycles. The Morgan fingerprint density at radius 1 is 1.14 bits per heavy atom. The minimum atomic E-state index is -4.40. The number of nitrogens with zero attached hydrogens (tertiary/aromatic N) is 4. The van der Waals surface area contributed by atoms with E-state index in [-0.39, 0.29) is 12.3 Å². The van der Waals surface area contributed by atoms with Crippen LogP contribution in [0.5, 0.6) is 5.75 Å². The molecule has 0 fully saturated rings. The van der Waals surface area contributed by atoms with E-state index in [1.807, 2.05) is 34.9 Å². The minimum absolute atomic E-state index is 0.189. The van der Waals surface area contributed by atoms with Gasteiger partial charge in [0.15, 0.2) is 24.0 Å². The molecule has 0 amide bonds. The van der Waals surface area contributed by atoms with Crippen LogP contribution >= 0.6 is 0 Å². The van der Waals surface area contributed by atoms with Gasteiger partial charge in [0.05, 0.1) is 6.54 Å². The molecule has 3 aromatic rings. The van der Waals surface area contributed by atoms with Gasteiger partial charge in [-0.3, -0.25) is 9.39 Å². The number of hydrogen-bond acceptors (Lipinski definition) is 4. The Bertz CT molecular complexity index is 999. The fourth-order valence-corrected chi connectivity index (χ4v) is 2.68. The summed E-state index contributed by atoms with van der Waals surface area (Å²) in [4.78, 5) is 4.13. The number of halogens is 3. The van der Waals surface area contributed by atoms with Gasteiger partial charge < -0.3 is 15.4 Å². The van der Waals surface area contributed by atoms with Crippen LogP contribution in [0.2, 0.25) is 0 Å². The van der Waals surface area contributed by atoms with Gasteiger partial charge in [0, 0.05) is 25.4 Å². The van der Waals surface area contributed by atoms with Crippen LogP contribution in [0.4, 0.5) is 13.2 Å². The lowest BCUT2D eigenvalue weighted by molar-refractivity contribution is -0.153. The van der Waals surface area contributed by atoms with Gasteiger partial charge in [0.2, 0.25) is 0 Å². The number of alkyl halides is 3. The van der Waals surface area contributed by atoms with E-state index in [1.54, 1.807) is 26.1 Å². The van der Waals surface area contributed by atoms with E-state index in [4.69, 9.17) is 4.74 Å². The molecule has 2 N–H and O–H groups in total. The van der Waals surface area contributed by atoms with Gasteiger partial charge in [-0.25, -0.2) is 0 Å². The molecule has 0 saturated heterocycles. The molecule has 0 aliphatic rings. The SMILES string of the molecule is CN=C(NCc1ccc(C)cc1OCC(F)(F)F)NCc1nnc2ccccn12. The van der Waals surface area contributed by atoms with Crippen LogP contribution in [0.1, 0.15) is 17.0 Å². The van der Waals surface area contributed by atoms with E-state index in [9.17, 15) is 13.2 Å². The number of benzene rings is 1. The average Bonchev–Trinajstić information content (AvgIpc) is 3.10. The quantitative estimate of drug-likeness (QED) is 0.486. The third-order valence-corrected chi connectivity index (χ3v) is 4.08. The van der Waals surface area contributed by atoms with Gasteiger partial charge in [-0.1, -0.05) is 18.2 Å². The number of ether oxygens (including phenoxy) is 1. The van der Waals surface area contributed by atoms with Crippen LogP contribution in [-0.4, -0.2) is 40.4 Å². The summed E-state index contributed by atoms with van der Waals surface area (Å²) >= 11 is 0. The second-order valence-corrected chi connectivity index (χ2v) is 6.34. The largest absolute Gasteiger partial charge is 0.484 e. The molecule has 0 bridgehead atoms. The van der Waals surface area contributed by atoms with Gasteiger partial charge in [-0.05, 0) is 30.7 Å². The zero-order valence-electron chi connectivity index (χ0n) is 16.0. The highest BCUT2D eigenvalue weighted by molar-refractivity contribution is 5.79. The molecule has 0 atom stereocenters. The summed E-state index contributed by atoms with van der Waals surface area (Å²) < 4.78 is 44.3. The molecule has 0 aliphatic heterocycles. The van der Waals surface area contributed by atoms with Crippen molar-refractivity contribution in [3.63, 3.8) is 0 Å². The third kappa shape index (κ3) is 5.59. The van der Waals surface area contributed by atoms with Crippen molar-refractivity contribution in [1.82, 2.24) is 25.2 Å². The normalized spacial score (nSPS) is 12.2. The lowest BCUT2D eigenvalue weighted by Crippen LogP contribution is -2.36. The summed E-state index contributed by atoms with van der Waals surface area (Å²) in [6.07, 6.45) is -2.54. The maximum Gasteiger partial charge on any atom is 0.422 e. The first-order valence-electron chi connectivity index (χ1n) is 8.88. The Kier molecular flexibility index (Phi) is 6.20. The van der Waals surface area contributed by atoms with Crippen molar-refractivity contribution in [2.45, 2.75) is 26.2 Å². The van der Waals surface area contributed by atoms with Crippen LogP contribution in [0.3, 0.4) is 0 Å². The van der Waals surface area contributed by atoms with Gasteiger partial charge in [0.1, 0.15) is 5.75 Å². The topological polar surface area (TPSA) is 75.8 Å². The molecule has 2 aromatic heterocycles. The number of pyridine rings is 1. The predicted octanol–water partition coefficient (Wildman–Crippen LogP) is 2.84. The molecular weight excluding hydrogens is 385 g/mol. The molecule has 29 heavy (non-hydrogen) atoms. The maximum absolute atomic E-state index is 12.5. The molecule has 0 spiro atoms. The van der Waals surface area contributed by atoms with E-state index in [2.05, 4.69) is 25.8 Å². The number of fused-ring (bicyclic) bond motifs is 1. The Labute approximate surface area is 165 Å². The van der Waals surface area contributed by atoms with Crippen LogP contribution in [-0.2, 0) is 13.1 Å². The van der Waals surface area contributed by atoms with E-state index in [0.29, 0.717) is 23.9 Å². The molecule has 10 heteroatoms. The molecular formula is C19H21F3N6O. The number of aliphatic imine (C=N–C) groups is 1. The summed E-state index contributed by atoms with van der Waals surface area (Å²) in [5.74, 6) is 1.36. The lowest BCUT2D eigenvalue weighted by Gasteiger charge is -2.16. The number of aromatic nitrogens is 3. The molecule has 154 valence electrons. The second kappa shape index (κ2) is 8.80. The Balaban J connectivity index is 1.62. The van der Waals surface area contributed by atoms with E-state index < -0.39 is 12.8 Å². The fourth-order valence-electron chi connectivity index (χ4n) is 2.68. The summed E-state index contributed by atoms with van der Waals surface area (Å²) in [6, 6.07) is 10.7. The Morgan fingerprint density at radius 3 is 2.69 bits per heavy atom. The molecule has 2 heterocycles. The average molecular weight is 406 g/mol. The number of hydrogen-bond donors (Lipinski definition) is 2. The number of rotatable bonds is 6. The minimum Gasteiger partial charge on any atom is -0.484 e. The fraction of sp³-hybridized carbons (Fsp3) is 0.316. The lowest BCUT2D eigenvalue weighted by atomic mass is 10.1. The van der Waals surface area contributed by atoms with Crippen LogP contribution in [0, 0.1) is 6.92 Å². The molecule has 0 unspecified atom stereocenters. The summed E-state index contributed by atoms with van der Waals surface area (Å²) in [5.41, 5.74) is 2.14. The first-order chi connectivity index (χ1) is 13.9. The van der Waals surface area contributed by atoms with Crippen molar-refractivity contribution >= 4 is 11.6 Å². The first-order valence-corrected chi connectivity index (χ1v) is 8.88. The van der Waals surface area contributed by atoms with Crippen LogP contribution in [0.15, 0.2) is 47.6 Å². The van der Waals surface area contributed by atoms with E-state index in [1.165, 1.54) is 0 Å². The second-order valence-electron chi connectivity index (χ2n) is 6.34. The number of nitrogens with one attached hydrogen (secondary N) is 2.